The third kappa shape index (κ3) is 3.09. The summed E-state index contributed by atoms with van der Waals surface area (Å²) in [5, 5.41) is 4.27. The third-order valence-corrected chi connectivity index (χ3v) is 3.74. The van der Waals surface area contributed by atoms with Gasteiger partial charge in [-0.25, -0.2) is 14.8 Å². The number of hydrazone groups is 1. The van der Waals surface area contributed by atoms with Gasteiger partial charge in [0.2, 0.25) is 0 Å². The number of carbonyl (C=O) groups is 1. The van der Waals surface area contributed by atoms with Crippen molar-refractivity contribution < 1.29 is 9.18 Å². The van der Waals surface area contributed by atoms with Crippen molar-refractivity contribution in [2.24, 2.45) is 5.10 Å². The topological polar surface area (TPSA) is 80.4 Å². The number of hydrogen-bond donors (Lipinski definition) is 2. The van der Waals surface area contributed by atoms with E-state index < -0.39 is 0 Å². The van der Waals surface area contributed by atoms with Gasteiger partial charge in [-0.05, 0) is 35.9 Å². The van der Waals surface area contributed by atoms with Crippen molar-refractivity contribution in [3.05, 3.63) is 59.4 Å². The average molecular weight is 314 g/mol. The fourth-order valence-corrected chi connectivity index (χ4v) is 2.67. The lowest BCUT2D eigenvalue weighted by atomic mass is 10.2. The minimum absolute atomic E-state index is 0.358. The smallest absolute Gasteiger partial charge is 0.271 e. The second-order valence-corrected chi connectivity index (χ2v) is 5.55. The van der Waals surface area contributed by atoms with Crippen LogP contribution in [0.4, 0.5) is 9.52 Å². The molecule has 5 nitrogen and oxygen atoms in total. The normalized spacial score (nSPS) is 11.1. The summed E-state index contributed by atoms with van der Waals surface area (Å²) in [4.78, 5) is 16.1. The number of aromatic nitrogens is 1. The van der Waals surface area contributed by atoms with E-state index in [9.17, 15) is 9.18 Å². The lowest BCUT2D eigenvalue weighted by molar-refractivity contribution is 0.0955. The van der Waals surface area contributed by atoms with Crippen molar-refractivity contribution in [1.82, 2.24) is 10.4 Å². The van der Waals surface area contributed by atoms with Gasteiger partial charge in [-0.3, -0.25) is 4.79 Å². The quantitative estimate of drug-likeness (QED) is 0.576. The summed E-state index contributed by atoms with van der Waals surface area (Å²) in [5.74, 6) is -0.718. The second kappa shape index (κ2) is 5.90. The molecule has 0 bridgehead atoms. The van der Waals surface area contributed by atoms with Crippen molar-refractivity contribution in [1.29, 1.82) is 0 Å². The van der Waals surface area contributed by atoms with Crippen LogP contribution in [0, 0.1) is 5.82 Å². The molecule has 3 aromatic rings. The van der Waals surface area contributed by atoms with Crippen molar-refractivity contribution in [3.63, 3.8) is 0 Å². The molecule has 1 amide bonds. The Balaban J connectivity index is 1.72. The van der Waals surface area contributed by atoms with Gasteiger partial charge >= 0.3 is 0 Å². The number of rotatable bonds is 3. The molecule has 0 saturated carbocycles. The SMILES string of the molecule is Nc1nc2ccc(C(=O)N/N=C\c3cccc(F)c3)cc2s1. The van der Waals surface area contributed by atoms with Gasteiger partial charge in [0, 0.05) is 5.56 Å². The molecule has 3 N–H and O–H groups in total. The molecule has 1 aromatic heterocycles. The Labute approximate surface area is 129 Å². The number of nitrogens with one attached hydrogen (secondary N) is 1. The van der Waals surface area contributed by atoms with Crippen LogP contribution in [0.15, 0.2) is 47.6 Å². The van der Waals surface area contributed by atoms with Crippen LogP contribution in [0.3, 0.4) is 0 Å². The molecule has 0 aliphatic rings. The molecule has 7 heteroatoms. The number of fused-ring (bicyclic) bond motifs is 1. The Morgan fingerprint density at radius 1 is 1.32 bits per heavy atom. The number of nitrogens with two attached hydrogens (primary N) is 1. The average Bonchev–Trinajstić information content (AvgIpc) is 2.86. The summed E-state index contributed by atoms with van der Waals surface area (Å²) in [5.41, 5.74) is 9.79. The Morgan fingerprint density at radius 2 is 2.18 bits per heavy atom. The van der Waals surface area contributed by atoms with Gasteiger partial charge in [0.05, 0.1) is 16.4 Å². The summed E-state index contributed by atoms with van der Waals surface area (Å²) in [6.45, 7) is 0. The van der Waals surface area contributed by atoms with Crippen LogP contribution in [0.25, 0.3) is 10.2 Å². The van der Waals surface area contributed by atoms with Crippen LogP contribution >= 0.6 is 11.3 Å². The molecule has 0 aliphatic heterocycles. The van der Waals surface area contributed by atoms with E-state index in [1.807, 2.05) is 0 Å². The number of benzene rings is 2. The fraction of sp³-hybridized carbons (Fsp3) is 0. The van der Waals surface area contributed by atoms with E-state index in [0.29, 0.717) is 16.3 Å². The molecule has 2 aromatic carbocycles. The zero-order chi connectivity index (χ0) is 15.5. The van der Waals surface area contributed by atoms with E-state index in [2.05, 4.69) is 15.5 Å². The fourth-order valence-electron chi connectivity index (χ4n) is 1.90. The molecule has 0 unspecified atom stereocenters. The summed E-state index contributed by atoms with van der Waals surface area (Å²) < 4.78 is 13.8. The number of nitrogen functional groups attached to an aromatic ring is 1. The van der Waals surface area contributed by atoms with Crippen molar-refractivity contribution in [2.75, 3.05) is 5.73 Å². The first-order chi connectivity index (χ1) is 10.6. The minimum atomic E-state index is -0.360. The first-order valence-corrected chi connectivity index (χ1v) is 7.18. The molecule has 0 fully saturated rings. The summed E-state index contributed by atoms with van der Waals surface area (Å²) in [6, 6.07) is 11.0. The van der Waals surface area contributed by atoms with E-state index in [-0.39, 0.29) is 11.7 Å². The first-order valence-electron chi connectivity index (χ1n) is 6.37. The number of thiazole rings is 1. The number of anilines is 1. The molecule has 0 atom stereocenters. The largest absolute Gasteiger partial charge is 0.375 e. The standard InChI is InChI=1S/C15H11FN4OS/c16-11-3-1-2-9(6-11)8-18-20-14(21)10-4-5-12-13(7-10)22-15(17)19-12/h1-8H,(H2,17,19)(H,20,21)/b18-8-. The summed E-state index contributed by atoms with van der Waals surface area (Å²) in [7, 11) is 0. The number of amides is 1. The Bertz CT molecular complexity index is 875. The maximum Gasteiger partial charge on any atom is 0.271 e. The van der Waals surface area contributed by atoms with Crippen LogP contribution in [-0.2, 0) is 0 Å². The summed E-state index contributed by atoms with van der Waals surface area (Å²) >= 11 is 1.31. The van der Waals surface area contributed by atoms with Gasteiger partial charge in [0.25, 0.3) is 5.91 Å². The highest BCUT2D eigenvalue weighted by molar-refractivity contribution is 7.22. The highest BCUT2D eigenvalue weighted by Crippen LogP contribution is 2.24. The number of hydrogen-bond acceptors (Lipinski definition) is 5. The van der Waals surface area contributed by atoms with Crippen molar-refractivity contribution >= 4 is 38.8 Å². The van der Waals surface area contributed by atoms with Gasteiger partial charge in [0.15, 0.2) is 5.13 Å². The number of carbonyl (C=O) groups excluding carboxylic acids is 1. The molecule has 0 spiro atoms. The van der Waals surface area contributed by atoms with E-state index in [4.69, 9.17) is 5.73 Å². The summed E-state index contributed by atoms with van der Waals surface area (Å²) in [6.07, 6.45) is 1.38. The molecular weight excluding hydrogens is 303 g/mol. The van der Waals surface area contributed by atoms with E-state index in [1.54, 1.807) is 30.3 Å². The van der Waals surface area contributed by atoms with Gasteiger partial charge < -0.3 is 5.73 Å². The molecular formula is C15H11FN4OS. The molecule has 22 heavy (non-hydrogen) atoms. The predicted molar refractivity (Wildman–Crippen MR) is 85.5 cm³/mol. The van der Waals surface area contributed by atoms with Gasteiger partial charge in [-0.2, -0.15) is 5.10 Å². The van der Waals surface area contributed by atoms with Crippen LogP contribution in [-0.4, -0.2) is 17.1 Å². The van der Waals surface area contributed by atoms with Crippen molar-refractivity contribution in [3.8, 4) is 0 Å². The number of nitrogens with zero attached hydrogens (tertiary/aromatic N) is 2. The highest BCUT2D eigenvalue weighted by atomic mass is 32.1. The van der Waals surface area contributed by atoms with E-state index in [1.165, 1.54) is 29.7 Å². The predicted octanol–water partition coefficient (Wildman–Crippen LogP) is 2.78. The lowest BCUT2D eigenvalue weighted by Gasteiger charge is -1.99. The minimum Gasteiger partial charge on any atom is -0.375 e. The van der Waals surface area contributed by atoms with Gasteiger partial charge in [-0.15, -0.1) is 0 Å². The van der Waals surface area contributed by atoms with Crippen LogP contribution < -0.4 is 11.2 Å². The Morgan fingerprint density at radius 3 is 3.00 bits per heavy atom. The van der Waals surface area contributed by atoms with Gasteiger partial charge in [0.1, 0.15) is 5.82 Å². The van der Waals surface area contributed by atoms with Crippen LogP contribution in [0.1, 0.15) is 15.9 Å². The molecule has 3 rings (SSSR count). The van der Waals surface area contributed by atoms with Gasteiger partial charge in [-0.1, -0.05) is 23.5 Å². The maximum atomic E-state index is 13.0. The molecule has 1 heterocycles. The molecule has 110 valence electrons. The Hall–Kier alpha value is -2.80. The zero-order valence-electron chi connectivity index (χ0n) is 11.3. The number of halogens is 1. The zero-order valence-corrected chi connectivity index (χ0v) is 12.1. The molecule has 0 radical (unpaired) electrons. The molecule has 0 saturated heterocycles. The Kier molecular flexibility index (Phi) is 3.80. The van der Waals surface area contributed by atoms with E-state index >= 15 is 0 Å². The second-order valence-electron chi connectivity index (χ2n) is 4.49. The first kappa shape index (κ1) is 14.2. The highest BCUT2D eigenvalue weighted by Gasteiger charge is 2.07. The van der Waals surface area contributed by atoms with E-state index in [0.717, 1.165) is 10.2 Å². The maximum absolute atomic E-state index is 13.0. The third-order valence-electron chi connectivity index (χ3n) is 2.90. The van der Waals surface area contributed by atoms with Crippen LogP contribution in [0.5, 0.6) is 0 Å². The monoisotopic (exact) mass is 314 g/mol. The lowest BCUT2D eigenvalue weighted by Crippen LogP contribution is -2.17. The van der Waals surface area contributed by atoms with Crippen LogP contribution in [0.2, 0.25) is 0 Å². The van der Waals surface area contributed by atoms with Crippen molar-refractivity contribution in [2.45, 2.75) is 0 Å². The molecule has 0 aliphatic carbocycles.